The second-order valence-corrected chi connectivity index (χ2v) is 5.01. The molecule has 114 valence electrons. The number of nitrogens with zero attached hydrogens (tertiary/aromatic N) is 2. The van der Waals surface area contributed by atoms with Crippen LogP contribution in [-0.2, 0) is 9.59 Å². The lowest BCUT2D eigenvalue weighted by Gasteiger charge is -2.24. The van der Waals surface area contributed by atoms with E-state index in [4.69, 9.17) is 0 Å². The third-order valence-electron chi connectivity index (χ3n) is 3.32. The van der Waals surface area contributed by atoms with E-state index in [1.54, 1.807) is 0 Å². The third kappa shape index (κ3) is 5.19. The summed E-state index contributed by atoms with van der Waals surface area (Å²) in [7, 11) is 0. The fraction of sp³-hybridized carbons (Fsp3) is 0.786. The number of carbonyl (C=O) groups is 2. The molecule has 1 rings (SSSR count). The number of aliphatic imine (C=N–C) groups is 1. The second kappa shape index (κ2) is 8.55. The average molecular weight is 282 g/mol. The van der Waals surface area contributed by atoms with Crippen molar-refractivity contribution >= 4 is 17.8 Å². The predicted octanol–water partition coefficient (Wildman–Crippen LogP) is 0.879. The molecule has 6 heteroatoms. The minimum absolute atomic E-state index is 0.0728. The highest BCUT2D eigenvalue weighted by molar-refractivity contribution is 5.97. The predicted molar refractivity (Wildman–Crippen MR) is 79.4 cm³/mol. The second-order valence-electron chi connectivity index (χ2n) is 5.01. The van der Waals surface area contributed by atoms with Crippen molar-refractivity contribution in [3.8, 4) is 0 Å². The van der Waals surface area contributed by atoms with E-state index in [0.717, 1.165) is 18.9 Å². The zero-order valence-corrected chi connectivity index (χ0v) is 12.7. The van der Waals surface area contributed by atoms with Gasteiger partial charge in [0.15, 0.2) is 5.96 Å². The number of hydrogen-bond donors (Lipinski definition) is 2. The largest absolute Gasteiger partial charge is 0.357 e. The Bertz CT molecular complexity index is 352. The summed E-state index contributed by atoms with van der Waals surface area (Å²) < 4.78 is 0. The van der Waals surface area contributed by atoms with Crippen molar-refractivity contribution in [3.05, 3.63) is 0 Å². The van der Waals surface area contributed by atoms with Crippen molar-refractivity contribution in [2.24, 2.45) is 4.99 Å². The monoisotopic (exact) mass is 282 g/mol. The molecule has 2 amide bonds. The van der Waals surface area contributed by atoms with Crippen LogP contribution < -0.4 is 10.6 Å². The Morgan fingerprint density at radius 2 is 1.95 bits per heavy atom. The molecule has 0 saturated carbocycles. The van der Waals surface area contributed by atoms with Crippen molar-refractivity contribution in [3.63, 3.8) is 0 Å². The van der Waals surface area contributed by atoms with E-state index in [2.05, 4.69) is 29.5 Å². The van der Waals surface area contributed by atoms with Crippen molar-refractivity contribution in [2.75, 3.05) is 19.6 Å². The van der Waals surface area contributed by atoms with Crippen LogP contribution in [0, 0.1) is 0 Å². The van der Waals surface area contributed by atoms with E-state index in [0.29, 0.717) is 38.4 Å². The van der Waals surface area contributed by atoms with Gasteiger partial charge in [-0.15, -0.1) is 0 Å². The van der Waals surface area contributed by atoms with E-state index in [1.165, 1.54) is 4.90 Å². The number of nitrogens with one attached hydrogen (secondary N) is 2. The normalized spacial score (nSPS) is 18.1. The lowest BCUT2D eigenvalue weighted by atomic mass is 10.1. The lowest BCUT2D eigenvalue weighted by molar-refractivity contribution is -0.147. The van der Waals surface area contributed by atoms with Crippen LogP contribution in [0.3, 0.4) is 0 Å². The minimum atomic E-state index is -0.0728. The molecule has 0 radical (unpaired) electrons. The number of imide groups is 1. The fourth-order valence-electron chi connectivity index (χ4n) is 1.97. The van der Waals surface area contributed by atoms with Gasteiger partial charge in [0.05, 0.1) is 6.54 Å². The maximum Gasteiger partial charge on any atom is 0.229 e. The molecule has 20 heavy (non-hydrogen) atoms. The average Bonchev–Trinajstić information content (AvgIpc) is 2.42. The Kier molecular flexibility index (Phi) is 7.04. The Balaban J connectivity index is 2.50. The van der Waals surface area contributed by atoms with Crippen LogP contribution in [0.2, 0.25) is 0 Å². The van der Waals surface area contributed by atoms with E-state index in [9.17, 15) is 9.59 Å². The number of carbonyl (C=O) groups excluding carboxylic acids is 2. The molecule has 0 aromatic heterocycles. The van der Waals surface area contributed by atoms with Crippen molar-refractivity contribution in [1.29, 1.82) is 0 Å². The van der Waals surface area contributed by atoms with Crippen LogP contribution in [-0.4, -0.2) is 48.3 Å². The van der Waals surface area contributed by atoms with Gasteiger partial charge >= 0.3 is 0 Å². The third-order valence-corrected chi connectivity index (χ3v) is 3.32. The number of hydrogen-bond acceptors (Lipinski definition) is 3. The molecule has 1 aliphatic heterocycles. The topological polar surface area (TPSA) is 73.8 Å². The van der Waals surface area contributed by atoms with Crippen LogP contribution in [0.5, 0.6) is 0 Å². The first-order valence-corrected chi connectivity index (χ1v) is 7.46. The molecule has 0 bridgehead atoms. The summed E-state index contributed by atoms with van der Waals surface area (Å²) in [5.41, 5.74) is 0. The van der Waals surface area contributed by atoms with Gasteiger partial charge in [-0.25, -0.2) is 0 Å². The van der Waals surface area contributed by atoms with Crippen LogP contribution in [0.4, 0.5) is 0 Å². The van der Waals surface area contributed by atoms with Gasteiger partial charge in [-0.3, -0.25) is 19.5 Å². The summed E-state index contributed by atoms with van der Waals surface area (Å²) in [6.07, 6.45) is 2.63. The van der Waals surface area contributed by atoms with Gasteiger partial charge in [0.1, 0.15) is 0 Å². The number of piperidine rings is 1. The zero-order valence-electron chi connectivity index (χ0n) is 12.7. The molecule has 1 heterocycles. The molecule has 0 spiro atoms. The highest BCUT2D eigenvalue weighted by atomic mass is 16.2. The SMILES string of the molecule is CCNC(=NCCN1C(=O)CCCC1=O)NC(C)CC. The Morgan fingerprint density at radius 1 is 1.30 bits per heavy atom. The summed E-state index contributed by atoms with van der Waals surface area (Å²) in [6.45, 7) is 7.78. The molecule has 1 saturated heterocycles. The van der Waals surface area contributed by atoms with Gasteiger partial charge in [-0.05, 0) is 26.7 Å². The first kappa shape index (κ1) is 16.5. The summed E-state index contributed by atoms with van der Waals surface area (Å²) in [6, 6.07) is 0.339. The molecule has 1 atom stereocenters. The Hall–Kier alpha value is -1.59. The Labute approximate surface area is 121 Å². The first-order chi connectivity index (χ1) is 9.58. The van der Waals surface area contributed by atoms with E-state index >= 15 is 0 Å². The molecule has 0 aromatic rings. The zero-order chi connectivity index (χ0) is 15.0. The van der Waals surface area contributed by atoms with E-state index in [1.807, 2.05) is 6.92 Å². The molecule has 1 aliphatic rings. The highest BCUT2D eigenvalue weighted by Gasteiger charge is 2.24. The van der Waals surface area contributed by atoms with Crippen LogP contribution in [0.15, 0.2) is 4.99 Å². The van der Waals surface area contributed by atoms with Crippen molar-refractivity contribution in [1.82, 2.24) is 15.5 Å². The van der Waals surface area contributed by atoms with Gasteiger partial charge in [-0.2, -0.15) is 0 Å². The number of guanidine groups is 1. The molecule has 6 nitrogen and oxygen atoms in total. The molecular formula is C14H26N4O2. The first-order valence-electron chi connectivity index (χ1n) is 7.46. The summed E-state index contributed by atoms with van der Waals surface area (Å²) in [5.74, 6) is 0.589. The molecule has 0 aliphatic carbocycles. The fourth-order valence-corrected chi connectivity index (χ4v) is 1.97. The minimum Gasteiger partial charge on any atom is -0.357 e. The summed E-state index contributed by atoms with van der Waals surface area (Å²) >= 11 is 0. The summed E-state index contributed by atoms with van der Waals surface area (Å²) in [5, 5.41) is 6.44. The van der Waals surface area contributed by atoms with Gasteiger partial charge in [0.2, 0.25) is 11.8 Å². The maximum absolute atomic E-state index is 11.7. The van der Waals surface area contributed by atoms with Gasteiger partial charge < -0.3 is 10.6 Å². The highest BCUT2D eigenvalue weighted by Crippen LogP contribution is 2.11. The number of rotatable bonds is 6. The number of likely N-dealkylation sites (tertiary alicyclic amines) is 1. The molecule has 1 fully saturated rings. The molecule has 2 N–H and O–H groups in total. The van der Waals surface area contributed by atoms with Gasteiger partial charge in [-0.1, -0.05) is 6.92 Å². The van der Waals surface area contributed by atoms with E-state index < -0.39 is 0 Å². The quantitative estimate of drug-likeness (QED) is 0.431. The van der Waals surface area contributed by atoms with Gasteiger partial charge in [0.25, 0.3) is 0 Å². The standard InChI is InChI=1S/C14H26N4O2/c1-4-11(3)17-14(15-5-2)16-9-10-18-12(19)7-6-8-13(18)20/h11H,4-10H2,1-3H3,(H2,15,16,17). The molecule has 1 unspecified atom stereocenters. The maximum atomic E-state index is 11.7. The van der Waals surface area contributed by atoms with Crippen LogP contribution in [0.25, 0.3) is 0 Å². The molecular weight excluding hydrogens is 256 g/mol. The molecule has 0 aromatic carbocycles. The van der Waals surface area contributed by atoms with Crippen LogP contribution in [0.1, 0.15) is 46.5 Å². The van der Waals surface area contributed by atoms with Crippen LogP contribution >= 0.6 is 0 Å². The number of amides is 2. The summed E-state index contributed by atoms with van der Waals surface area (Å²) in [4.78, 5) is 29.1. The van der Waals surface area contributed by atoms with Gasteiger partial charge in [0, 0.05) is 32.0 Å². The van der Waals surface area contributed by atoms with Crippen molar-refractivity contribution in [2.45, 2.75) is 52.5 Å². The lowest BCUT2D eigenvalue weighted by Crippen LogP contribution is -2.44. The smallest absolute Gasteiger partial charge is 0.229 e. The van der Waals surface area contributed by atoms with Crippen molar-refractivity contribution < 1.29 is 9.59 Å². The van der Waals surface area contributed by atoms with E-state index in [-0.39, 0.29) is 11.8 Å². The Morgan fingerprint density at radius 3 is 2.50 bits per heavy atom.